The highest BCUT2D eigenvalue weighted by atomic mass is 35.5. The molecule has 0 unspecified atom stereocenters. The summed E-state index contributed by atoms with van der Waals surface area (Å²) < 4.78 is 27.5. The van der Waals surface area contributed by atoms with Crippen LogP contribution in [0.4, 0.5) is 0 Å². The number of rotatable bonds is 8. The monoisotopic (exact) mass is 409 g/mol. The van der Waals surface area contributed by atoms with E-state index in [-0.39, 0.29) is 34.6 Å². The maximum absolute atomic E-state index is 12.5. The molecule has 2 rings (SSSR count). The van der Waals surface area contributed by atoms with Crippen molar-refractivity contribution >= 4 is 51.0 Å². The summed E-state index contributed by atoms with van der Waals surface area (Å²) in [4.78, 5) is 15.1. The molecule has 134 valence electrons. The van der Waals surface area contributed by atoms with Crippen LogP contribution in [0.2, 0.25) is 0 Å². The zero-order valence-corrected chi connectivity index (χ0v) is 16.6. The van der Waals surface area contributed by atoms with E-state index in [1.54, 1.807) is 19.5 Å². The van der Waals surface area contributed by atoms with Gasteiger partial charge in [-0.15, -0.1) is 35.1 Å². The summed E-state index contributed by atoms with van der Waals surface area (Å²) in [7, 11) is -0.258. The van der Waals surface area contributed by atoms with Gasteiger partial charge in [0.15, 0.2) is 0 Å². The maximum Gasteiger partial charge on any atom is 0.265 e. The van der Waals surface area contributed by atoms with Gasteiger partial charge in [-0.1, -0.05) is 6.07 Å². The van der Waals surface area contributed by atoms with Crippen LogP contribution < -0.4 is 10.0 Å². The normalized spacial score (nSPS) is 11.1. The number of nitrogens with one attached hydrogen (secondary N) is 2. The smallest absolute Gasteiger partial charge is 0.265 e. The third-order valence-electron chi connectivity index (χ3n) is 3.17. The summed E-state index contributed by atoms with van der Waals surface area (Å²) in [5.41, 5.74) is 0. The van der Waals surface area contributed by atoms with Crippen LogP contribution in [0.1, 0.15) is 14.5 Å². The van der Waals surface area contributed by atoms with Crippen LogP contribution in [0.5, 0.6) is 0 Å². The fourth-order valence-electron chi connectivity index (χ4n) is 1.88. The molecule has 2 N–H and O–H groups in total. The molecule has 0 radical (unpaired) electrons. The number of carbonyl (C=O) groups excluding carboxylic acids is 1. The average Bonchev–Trinajstić information content (AvgIpc) is 3.20. The van der Waals surface area contributed by atoms with E-state index in [0.717, 1.165) is 16.2 Å². The van der Waals surface area contributed by atoms with Crippen molar-refractivity contribution < 1.29 is 13.2 Å². The second-order valence-corrected chi connectivity index (χ2v) is 8.53. The highest BCUT2D eigenvalue weighted by molar-refractivity contribution is 7.89. The van der Waals surface area contributed by atoms with Crippen molar-refractivity contribution in [2.45, 2.75) is 11.4 Å². The molecule has 0 aromatic carbocycles. The molecule has 2 aromatic rings. The Morgan fingerprint density at radius 1 is 1.25 bits per heavy atom. The molecule has 0 bridgehead atoms. The number of likely N-dealkylation sites (N-methyl/N-ethyl adjacent to an activating group) is 2. The number of nitrogens with zero attached hydrogens (tertiary/aromatic N) is 1. The standard InChI is InChI=1S/C14H19N3O3S3.ClH/c1-15-6-7-17(2)14(18)13-12(5-9-22-13)23(19,20)16-10-11-4-3-8-21-11;/h3-5,8-9,15-16H,6-7,10H2,1-2H3;1H. The summed E-state index contributed by atoms with van der Waals surface area (Å²) in [5, 5.41) is 6.47. The molecule has 2 aromatic heterocycles. The first kappa shape index (κ1) is 21.1. The second kappa shape index (κ2) is 9.50. The molecular formula is C14H20ClN3O3S3. The van der Waals surface area contributed by atoms with Crippen molar-refractivity contribution in [1.29, 1.82) is 0 Å². The third kappa shape index (κ3) is 5.27. The van der Waals surface area contributed by atoms with Crippen LogP contribution in [0, 0.1) is 0 Å². The Morgan fingerprint density at radius 3 is 2.62 bits per heavy atom. The topological polar surface area (TPSA) is 78.5 Å². The van der Waals surface area contributed by atoms with Gasteiger partial charge in [-0.3, -0.25) is 4.79 Å². The Kier molecular flexibility index (Phi) is 8.34. The van der Waals surface area contributed by atoms with E-state index in [1.165, 1.54) is 22.3 Å². The molecule has 0 spiro atoms. The molecule has 24 heavy (non-hydrogen) atoms. The van der Waals surface area contributed by atoms with Crippen molar-refractivity contribution in [2.75, 3.05) is 27.2 Å². The predicted molar refractivity (Wildman–Crippen MR) is 101 cm³/mol. The van der Waals surface area contributed by atoms with Gasteiger partial charge in [-0.05, 0) is 29.9 Å². The lowest BCUT2D eigenvalue weighted by atomic mass is 10.4. The molecule has 0 aliphatic rings. The molecule has 0 atom stereocenters. The van der Waals surface area contributed by atoms with Gasteiger partial charge < -0.3 is 10.2 Å². The molecule has 1 amide bonds. The van der Waals surface area contributed by atoms with Crippen molar-refractivity contribution in [3.63, 3.8) is 0 Å². The zero-order chi connectivity index (χ0) is 16.9. The third-order valence-corrected chi connectivity index (χ3v) is 6.52. The van der Waals surface area contributed by atoms with Crippen LogP contribution in [-0.2, 0) is 16.6 Å². The maximum atomic E-state index is 12.5. The predicted octanol–water partition coefficient (Wildman–Crippen LogP) is 2.00. The van der Waals surface area contributed by atoms with Gasteiger partial charge in [-0.2, -0.15) is 0 Å². The molecule has 6 nitrogen and oxygen atoms in total. The lowest BCUT2D eigenvalue weighted by Crippen LogP contribution is -2.33. The van der Waals surface area contributed by atoms with Crippen molar-refractivity contribution in [1.82, 2.24) is 14.9 Å². The molecule has 2 heterocycles. The minimum atomic E-state index is -3.72. The van der Waals surface area contributed by atoms with Gasteiger partial charge in [0.25, 0.3) is 5.91 Å². The summed E-state index contributed by atoms with van der Waals surface area (Å²) in [6, 6.07) is 5.20. The number of halogens is 1. The molecule has 10 heteroatoms. The SMILES string of the molecule is CNCCN(C)C(=O)c1sccc1S(=O)(=O)NCc1cccs1.Cl. The molecule has 0 fully saturated rings. The number of carbonyl (C=O) groups is 1. The zero-order valence-electron chi connectivity index (χ0n) is 13.3. The lowest BCUT2D eigenvalue weighted by Gasteiger charge is -2.17. The lowest BCUT2D eigenvalue weighted by molar-refractivity contribution is 0.0798. The number of sulfonamides is 1. The average molecular weight is 410 g/mol. The van der Waals surface area contributed by atoms with E-state index < -0.39 is 10.0 Å². The van der Waals surface area contributed by atoms with E-state index in [0.29, 0.717) is 13.1 Å². The fourth-order valence-corrected chi connectivity index (χ4v) is 5.03. The van der Waals surface area contributed by atoms with E-state index in [1.807, 2.05) is 17.5 Å². The van der Waals surface area contributed by atoms with Crippen molar-refractivity contribution in [2.24, 2.45) is 0 Å². The van der Waals surface area contributed by atoms with E-state index in [9.17, 15) is 13.2 Å². The quantitative estimate of drug-likeness (QED) is 0.699. The highest BCUT2D eigenvalue weighted by Gasteiger charge is 2.25. The summed E-state index contributed by atoms with van der Waals surface area (Å²) >= 11 is 2.62. The van der Waals surface area contributed by atoms with Gasteiger partial charge in [0.1, 0.15) is 9.77 Å². The first-order chi connectivity index (χ1) is 11.0. The molecule has 0 saturated heterocycles. The van der Waals surface area contributed by atoms with Crippen LogP contribution in [0.25, 0.3) is 0 Å². The first-order valence-corrected chi connectivity index (χ1v) is 10.2. The largest absolute Gasteiger partial charge is 0.340 e. The second-order valence-electron chi connectivity index (χ2n) is 4.85. The van der Waals surface area contributed by atoms with Crippen molar-refractivity contribution in [3.8, 4) is 0 Å². The van der Waals surface area contributed by atoms with E-state index >= 15 is 0 Å². The Hall–Kier alpha value is -0.970. The van der Waals surface area contributed by atoms with Gasteiger partial charge in [-0.25, -0.2) is 13.1 Å². The van der Waals surface area contributed by atoms with E-state index in [4.69, 9.17) is 0 Å². The molecule has 0 saturated carbocycles. The van der Waals surface area contributed by atoms with Crippen LogP contribution in [0.3, 0.4) is 0 Å². The van der Waals surface area contributed by atoms with Crippen LogP contribution >= 0.6 is 35.1 Å². The fraction of sp³-hybridized carbons (Fsp3) is 0.357. The summed E-state index contributed by atoms with van der Waals surface area (Å²) in [6.45, 7) is 1.38. The number of hydrogen-bond donors (Lipinski definition) is 2. The Morgan fingerprint density at radius 2 is 2.00 bits per heavy atom. The minimum Gasteiger partial charge on any atom is -0.340 e. The molecule has 0 aliphatic heterocycles. The van der Waals surface area contributed by atoms with Gasteiger partial charge in [0, 0.05) is 31.6 Å². The number of hydrogen-bond acceptors (Lipinski definition) is 6. The Labute approximate surface area is 156 Å². The Balaban J connectivity index is 0.00000288. The van der Waals surface area contributed by atoms with Crippen molar-refractivity contribution in [3.05, 3.63) is 38.7 Å². The van der Waals surface area contributed by atoms with Gasteiger partial charge in [0.2, 0.25) is 10.0 Å². The Bertz CT molecular complexity index is 744. The number of thiophene rings is 2. The molecule has 0 aliphatic carbocycles. The highest BCUT2D eigenvalue weighted by Crippen LogP contribution is 2.23. The summed E-state index contributed by atoms with van der Waals surface area (Å²) in [5.74, 6) is -0.285. The molecular weight excluding hydrogens is 390 g/mol. The minimum absolute atomic E-state index is 0. The van der Waals surface area contributed by atoms with Gasteiger partial charge in [0.05, 0.1) is 0 Å². The van der Waals surface area contributed by atoms with Crippen LogP contribution in [0.15, 0.2) is 33.9 Å². The van der Waals surface area contributed by atoms with Gasteiger partial charge >= 0.3 is 0 Å². The van der Waals surface area contributed by atoms with E-state index in [2.05, 4.69) is 10.0 Å². The summed E-state index contributed by atoms with van der Waals surface area (Å²) in [6.07, 6.45) is 0. The number of amides is 1. The first-order valence-electron chi connectivity index (χ1n) is 6.95. The van der Waals surface area contributed by atoms with Crippen LogP contribution in [-0.4, -0.2) is 46.4 Å².